The summed E-state index contributed by atoms with van der Waals surface area (Å²) in [4.78, 5) is 16.8. The van der Waals surface area contributed by atoms with Crippen molar-refractivity contribution in [2.45, 2.75) is 13.2 Å². The molecule has 2 aromatic carbocycles. The monoisotopic (exact) mass is 359 g/mol. The second-order valence-electron chi connectivity index (χ2n) is 5.97. The first kappa shape index (κ1) is 16.8. The Kier molecular flexibility index (Phi) is 4.78. The molecular weight excluding hydrogens is 342 g/mol. The lowest BCUT2D eigenvalue weighted by atomic mass is 10.1. The number of benzene rings is 2. The van der Waals surface area contributed by atoms with Crippen LogP contribution in [0.5, 0.6) is 0 Å². The molecule has 0 atom stereocenters. The molecule has 0 amide bonds. The molecule has 0 spiro atoms. The van der Waals surface area contributed by atoms with Gasteiger partial charge in [0.1, 0.15) is 18.0 Å². The minimum atomic E-state index is -0.496. The van der Waals surface area contributed by atoms with Crippen LogP contribution in [0.1, 0.15) is 21.7 Å². The number of nitrogens with zero attached hydrogens (tertiary/aromatic N) is 3. The normalized spacial score (nSPS) is 10.7. The molecule has 0 radical (unpaired) electrons. The molecular formula is C21H17N3O3. The molecule has 2 heterocycles. The molecule has 0 aliphatic rings. The summed E-state index contributed by atoms with van der Waals surface area (Å²) in [6.07, 6.45) is 4.94. The van der Waals surface area contributed by atoms with E-state index in [1.54, 1.807) is 6.20 Å². The number of carbonyl (C=O) groups excluding carboxylic acids is 1. The Morgan fingerprint density at radius 2 is 1.78 bits per heavy atom. The quantitative estimate of drug-likeness (QED) is 0.488. The first-order valence-electron chi connectivity index (χ1n) is 8.52. The van der Waals surface area contributed by atoms with Gasteiger partial charge in [-0.05, 0) is 5.56 Å². The van der Waals surface area contributed by atoms with Crippen LogP contribution < -0.4 is 0 Å². The largest absolute Gasteiger partial charge is 0.454 e. The smallest absolute Gasteiger partial charge is 0.344 e. The highest BCUT2D eigenvalue weighted by Crippen LogP contribution is 2.24. The fourth-order valence-corrected chi connectivity index (χ4v) is 2.79. The van der Waals surface area contributed by atoms with Gasteiger partial charge in [0.15, 0.2) is 5.76 Å². The Hall–Kier alpha value is -3.67. The van der Waals surface area contributed by atoms with Crippen molar-refractivity contribution >= 4 is 5.97 Å². The number of rotatable bonds is 6. The number of ether oxygens (including phenoxy) is 1. The second-order valence-corrected chi connectivity index (χ2v) is 5.97. The lowest BCUT2D eigenvalue weighted by Crippen LogP contribution is -2.10. The van der Waals surface area contributed by atoms with Crippen LogP contribution in [0.4, 0.5) is 0 Å². The van der Waals surface area contributed by atoms with E-state index in [9.17, 15) is 4.79 Å². The minimum absolute atomic E-state index is 0.0675. The summed E-state index contributed by atoms with van der Waals surface area (Å²) in [5, 5.41) is 3.74. The molecule has 0 aliphatic carbocycles. The number of hydrogen-bond acceptors (Lipinski definition) is 5. The van der Waals surface area contributed by atoms with Crippen molar-refractivity contribution in [3.05, 3.63) is 96.2 Å². The van der Waals surface area contributed by atoms with Crippen LogP contribution in [0.2, 0.25) is 0 Å². The molecule has 4 aromatic rings. The minimum Gasteiger partial charge on any atom is -0.454 e. The van der Waals surface area contributed by atoms with Gasteiger partial charge in [0.2, 0.25) is 0 Å². The van der Waals surface area contributed by atoms with Gasteiger partial charge in [-0.2, -0.15) is 0 Å². The summed E-state index contributed by atoms with van der Waals surface area (Å²) in [5.41, 5.74) is 2.21. The molecule has 0 saturated carbocycles. The van der Waals surface area contributed by atoms with E-state index >= 15 is 0 Å². The zero-order valence-corrected chi connectivity index (χ0v) is 14.5. The molecule has 134 valence electrons. The van der Waals surface area contributed by atoms with Crippen molar-refractivity contribution in [2.24, 2.45) is 0 Å². The van der Waals surface area contributed by atoms with E-state index in [0.29, 0.717) is 23.7 Å². The van der Waals surface area contributed by atoms with E-state index in [-0.39, 0.29) is 6.61 Å². The van der Waals surface area contributed by atoms with E-state index in [4.69, 9.17) is 9.26 Å². The van der Waals surface area contributed by atoms with E-state index in [2.05, 4.69) is 10.1 Å². The average Bonchev–Trinajstić information content (AvgIpc) is 3.37. The number of esters is 1. The van der Waals surface area contributed by atoms with Gasteiger partial charge in [0.05, 0.1) is 6.20 Å². The van der Waals surface area contributed by atoms with Crippen LogP contribution in [0.3, 0.4) is 0 Å². The third-order valence-corrected chi connectivity index (χ3v) is 4.16. The highest BCUT2D eigenvalue weighted by molar-refractivity contribution is 5.95. The van der Waals surface area contributed by atoms with E-state index in [0.717, 1.165) is 11.1 Å². The molecule has 4 rings (SSSR count). The SMILES string of the molecule is O=C(OCc1nccn1Cc1ccccc1)c1cnoc1-c1ccccc1. The van der Waals surface area contributed by atoms with Crippen LogP contribution >= 0.6 is 0 Å². The Bertz CT molecular complexity index is 1020. The van der Waals surface area contributed by atoms with Gasteiger partial charge in [-0.25, -0.2) is 9.78 Å². The zero-order valence-electron chi connectivity index (χ0n) is 14.5. The van der Waals surface area contributed by atoms with Crippen molar-refractivity contribution in [1.82, 2.24) is 14.7 Å². The van der Waals surface area contributed by atoms with Crippen molar-refractivity contribution in [3.8, 4) is 11.3 Å². The van der Waals surface area contributed by atoms with Gasteiger partial charge in [-0.1, -0.05) is 65.8 Å². The highest BCUT2D eigenvalue weighted by atomic mass is 16.5. The molecule has 0 aliphatic heterocycles. The first-order valence-corrected chi connectivity index (χ1v) is 8.52. The number of aromatic nitrogens is 3. The van der Waals surface area contributed by atoms with Crippen molar-refractivity contribution in [3.63, 3.8) is 0 Å². The van der Waals surface area contributed by atoms with Gasteiger partial charge in [-0.3, -0.25) is 0 Å². The summed E-state index contributed by atoms with van der Waals surface area (Å²) in [6, 6.07) is 19.4. The fraction of sp³-hybridized carbons (Fsp3) is 0.0952. The summed E-state index contributed by atoms with van der Waals surface area (Å²) in [6.45, 7) is 0.730. The highest BCUT2D eigenvalue weighted by Gasteiger charge is 2.19. The Morgan fingerprint density at radius 1 is 1.04 bits per heavy atom. The zero-order chi connectivity index (χ0) is 18.5. The molecule has 0 fully saturated rings. The van der Waals surface area contributed by atoms with Crippen LogP contribution in [-0.4, -0.2) is 20.7 Å². The van der Waals surface area contributed by atoms with Gasteiger partial charge >= 0.3 is 5.97 Å². The maximum atomic E-state index is 12.5. The van der Waals surface area contributed by atoms with Crippen LogP contribution in [-0.2, 0) is 17.9 Å². The van der Waals surface area contributed by atoms with Crippen LogP contribution in [0.15, 0.2) is 83.8 Å². The van der Waals surface area contributed by atoms with Crippen LogP contribution in [0.25, 0.3) is 11.3 Å². The lowest BCUT2D eigenvalue weighted by molar-refractivity contribution is 0.0459. The Labute approximate surface area is 156 Å². The van der Waals surface area contributed by atoms with Gasteiger partial charge in [-0.15, -0.1) is 0 Å². The summed E-state index contributed by atoms with van der Waals surface area (Å²) in [5.74, 6) is 0.572. The molecule has 0 N–H and O–H groups in total. The molecule has 2 aromatic heterocycles. The molecule has 27 heavy (non-hydrogen) atoms. The third-order valence-electron chi connectivity index (χ3n) is 4.16. The number of hydrogen-bond donors (Lipinski definition) is 0. The summed E-state index contributed by atoms with van der Waals surface area (Å²) in [7, 11) is 0. The van der Waals surface area contributed by atoms with Crippen LogP contribution in [0, 0.1) is 0 Å². The topological polar surface area (TPSA) is 70.2 Å². The predicted octanol–water partition coefficient (Wildman–Crippen LogP) is 3.94. The van der Waals surface area contributed by atoms with Crippen molar-refractivity contribution in [2.75, 3.05) is 0 Å². The predicted molar refractivity (Wildman–Crippen MR) is 98.8 cm³/mol. The van der Waals surface area contributed by atoms with E-state index in [1.807, 2.05) is 71.4 Å². The molecule has 0 saturated heterocycles. The van der Waals surface area contributed by atoms with Gasteiger partial charge < -0.3 is 13.8 Å². The Balaban J connectivity index is 1.46. The van der Waals surface area contributed by atoms with Gasteiger partial charge in [0.25, 0.3) is 0 Å². The second kappa shape index (κ2) is 7.70. The average molecular weight is 359 g/mol. The standard InChI is InChI=1S/C21H17N3O3/c25-21(18-13-23-27-20(18)17-9-5-2-6-10-17)26-15-19-22-11-12-24(19)14-16-7-3-1-4-8-16/h1-13H,14-15H2. The van der Waals surface area contributed by atoms with Crippen molar-refractivity contribution < 1.29 is 14.1 Å². The molecule has 0 unspecified atom stereocenters. The summed E-state index contributed by atoms with van der Waals surface area (Å²) < 4.78 is 12.6. The maximum absolute atomic E-state index is 12.5. The van der Waals surface area contributed by atoms with Crippen molar-refractivity contribution in [1.29, 1.82) is 0 Å². The number of imidazole rings is 1. The van der Waals surface area contributed by atoms with Gasteiger partial charge in [0, 0.05) is 24.5 Å². The maximum Gasteiger partial charge on any atom is 0.344 e. The third kappa shape index (κ3) is 3.79. The number of carbonyl (C=O) groups is 1. The first-order chi connectivity index (χ1) is 13.3. The lowest BCUT2D eigenvalue weighted by Gasteiger charge is -2.09. The molecule has 6 heteroatoms. The van der Waals surface area contributed by atoms with E-state index < -0.39 is 5.97 Å². The van der Waals surface area contributed by atoms with E-state index in [1.165, 1.54) is 6.20 Å². The Morgan fingerprint density at radius 3 is 2.56 bits per heavy atom. The summed E-state index contributed by atoms with van der Waals surface area (Å²) >= 11 is 0. The molecule has 6 nitrogen and oxygen atoms in total. The molecule has 0 bridgehead atoms. The fourth-order valence-electron chi connectivity index (χ4n) is 2.79.